The van der Waals surface area contributed by atoms with Gasteiger partial charge in [-0.1, -0.05) is 35.9 Å². The van der Waals surface area contributed by atoms with Crippen LogP contribution in [0.3, 0.4) is 0 Å². The Labute approximate surface area is 222 Å². The van der Waals surface area contributed by atoms with Crippen LogP contribution in [-0.2, 0) is 10.5 Å². The highest BCUT2D eigenvalue weighted by molar-refractivity contribution is 6.30. The van der Waals surface area contributed by atoms with Crippen molar-refractivity contribution in [1.29, 1.82) is 0 Å². The second kappa shape index (κ2) is 9.54. The van der Waals surface area contributed by atoms with Gasteiger partial charge in [-0.15, -0.1) is 24.8 Å². The minimum Gasteiger partial charge on any atom is -0.406 e. The molecular weight excluding hydrogens is 532 g/mol. The minimum absolute atomic E-state index is 0.00729. The number of benzene rings is 2. The largest absolute Gasteiger partial charge is 0.573 e. The zero-order valence-corrected chi connectivity index (χ0v) is 21.7. The lowest BCUT2D eigenvalue weighted by atomic mass is 9.82. The molecule has 0 spiro atoms. The fraction of sp³-hybridized carbons (Fsp3) is 0.346. The van der Waals surface area contributed by atoms with Gasteiger partial charge in [0.25, 0.3) is 0 Å². The van der Waals surface area contributed by atoms with E-state index >= 15 is 0 Å². The van der Waals surface area contributed by atoms with Crippen LogP contribution >= 0.6 is 23.2 Å². The van der Waals surface area contributed by atoms with Crippen LogP contribution in [0.5, 0.6) is 5.75 Å². The van der Waals surface area contributed by atoms with Gasteiger partial charge in [0.1, 0.15) is 11.3 Å². The van der Waals surface area contributed by atoms with Crippen molar-refractivity contribution in [1.82, 2.24) is 4.90 Å². The Morgan fingerprint density at radius 3 is 2.35 bits per heavy atom. The molecule has 0 aromatic heterocycles. The van der Waals surface area contributed by atoms with E-state index < -0.39 is 34.3 Å². The Hall–Kier alpha value is -2.72. The van der Waals surface area contributed by atoms with E-state index in [9.17, 15) is 23.1 Å². The number of rotatable bonds is 6. The first-order valence-electron chi connectivity index (χ1n) is 11.3. The van der Waals surface area contributed by atoms with E-state index in [0.717, 1.165) is 17.0 Å². The summed E-state index contributed by atoms with van der Waals surface area (Å²) in [6, 6.07) is 10.7. The molecule has 37 heavy (non-hydrogen) atoms. The summed E-state index contributed by atoms with van der Waals surface area (Å²) in [5.41, 5.74) is -3.01. The number of anilines is 1. The van der Waals surface area contributed by atoms with Crippen LogP contribution in [-0.4, -0.2) is 46.5 Å². The van der Waals surface area contributed by atoms with Gasteiger partial charge in [-0.3, -0.25) is 9.80 Å². The number of carbonyl (C=O) groups is 1. The first kappa shape index (κ1) is 27.3. The van der Waals surface area contributed by atoms with Gasteiger partial charge < -0.3 is 14.6 Å². The lowest BCUT2D eigenvalue weighted by molar-refractivity contribution is -0.274. The standard InChI is InChI=1S/C26H25Cl2F3N2O4/c1-23(28)13-11-20(12-14-23)33-22(34)32(19-9-7-18(27)8-10-19)24(2,16-36-3)25(33,35)17-5-4-6-21(15-17)37-26(29,30)31/h4-13,15,35H,14,16H2,1-3H3/t23?,24-,25-/m0/s1. The molecule has 0 radical (unpaired) electrons. The minimum atomic E-state index is -4.95. The molecule has 198 valence electrons. The average molecular weight is 557 g/mol. The third-order valence-electron chi connectivity index (χ3n) is 6.50. The molecule has 1 fully saturated rings. The number of allylic oxidation sites excluding steroid dienone is 3. The Bertz CT molecular complexity index is 1250. The second-order valence-corrected chi connectivity index (χ2v) is 10.6. The van der Waals surface area contributed by atoms with E-state index in [4.69, 9.17) is 27.9 Å². The third kappa shape index (κ3) is 4.93. The lowest BCUT2D eigenvalue weighted by Crippen LogP contribution is -2.60. The van der Waals surface area contributed by atoms with Crippen LogP contribution in [0.15, 0.2) is 72.5 Å². The highest BCUT2D eigenvalue weighted by atomic mass is 35.5. The molecule has 1 saturated heterocycles. The highest BCUT2D eigenvalue weighted by Crippen LogP contribution is 2.52. The zero-order chi connectivity index (χ0) is 27.2. The quantitative estimate of drug-likeness (QED) is 0.408. The molecule has 0 saturated carbocycles. The predicted octanol–water partition coefficient (Wildman–Crippen LogP) is 6.57. The van der Waals surface area contributed by atoms with Crippen molar-refractivity contribution in [2.24, 2.45) is 0 Å². The molecule has 1 N–H and O–H groups in total. The van der Waals surface area contributed by atoms with Crippen molar-refractivity contribution in [3.63, 3.8) is 0 Å². The number of amides is 2. The topological polar surface area (TPSA) is 62.2 Å². The van der Waals surface area contributed by atoms with Crippen LogP contribution in [0.4, 0.5) is 23.7 Å². The van der Waals surface area contributed by atoms with Crippen LogP contribution in [0.1, 0.15) is 25.8 Å². The average Bonchev–Trinajstić information content (AvgIpc) is 2.97. The number of aliphatic hydroxyl groups is 1. The molecule has 6 nitrogen and oxygen atoms in total. The SMILES string of the molecule is COC[C@]1(C)N(c2ccc(Cl)cc2)C(=O)N(C2=CCC(C)(Cl)C=C2)[C@]1(O)c1cccc(OC(F)(F)F)c1. The maximum atomic E-state index is 14.1. The van der Waals surface area contributed by atoms with E-state index in [-0.39, 0.29) is 12.2 Å². The predicted molar refractivity (Wildman–Crippen MR) is 135 cm³/mol. The van der Waals surface area contributed by atoms with Gasteiger partial charge in [-0.25, -0.2) is 4.79 Å². The lowest BCUT2D eigenvalue weighted by Gasteiger charge is -2.45. The summed E-state index contributed by atoms with van der Waals surface area (Å²) in [6.45, 7) is 3.21. The first-order valence-corrected chi connectivity index (χ1v) is 12.0. The molecule has 2 amide bonds. The molecule has 4 rings (SSSR count). The van der Waals surface area contributed by atoms with Crippen molar-refractivity contribution in [2.45, 2.75) is 42.8 Å². The molecule has 2 aromatic carbocycles. The van der Waals surface area contributed by atoms with E-state index in [1.807, 2.05) is 0 Å². The number of nitrogens with zero attached hydrogens (tertiary/aromatic N) is 2. The molecule has 11 heteroatoms. The monoisotopic (exact) mass is 556 g/mol. The summed E-state index contributed by atoms with van der Waals surface area (Å²) in [4.78, 5) is 15.9. The van der Waals surface area contributed by atoms with Gasteiger partial charge in [-0.2, -0.15) is 0 Å². The molecule has 0 bridgehead atoms. The van der Waals surface area contributed by atoms with Gasteiger partial charge in [0.15, 0.2) is 5.72 Å². The van der Waals surface area contributed by atoms with E-state index in [0.29, 0.717) is 22.8 Å². The maximum absolute atomic E-state index is 14.1. The van der Waals surface area contributed by atoms with Crippen LogP contribution in [0, 0.1) is 0 Å². The Balaban J connectivity index is 1.96. The van der Waals surface area contributed by atoms with E-state index in [1.165, 1.54) is 24.1 Å². The van der Waals surface area contributed by atoms with Crippen molar-refractivity contribution >= 4 is 34.9 Å². The van der Waals surface area contributed by atoms with Crippen molar-refractivity contribution in [2.75, 3.05) is 18.6 Å². The number of alkyl halides is 4. The molecule has 1 heterocycles. The molecule has 3 atom stereocenters. The number of ether oxygens (including phenoxy) is 2. The van der Waals surface area contributed by atoms with Gasteiger partial charge in [0, 0.05) is 29.1 Å². The van der Waals surface area contributed by atoms with E-state index in [2.05, 4.69) is 4.74 Å². The summed E-state index contributed by atoms with van der Waals surface area (Å²) >= 11 is 12.5. The van der Waals surface area contributed by atoms with Crippen molar-refractivity contribution in [3.8, 4) is 5.75 Å². The molecule has 2 aliphatic rings. The third-order valence-corrected chi connectivity index (χ3v) is 7.03. The molecule has 2 aromatic rings. The van der Waals surface area contributed by atoms with Crippen LogP contribution in [0.25, 0.3) is 0 Å². The Kier molecular flexibility index (Phi) is 7.05. The normalized spacial score (nSPS) is 28.0. The smallest absolute Gasteiger partial charge is 0.406 e. The fourth-order valence-electron chi connectivity index (χ4n) is 4.79. The maximum Gasteiger partial charge on any atom is 0.573 e. The number of hydrogen-bond acceptors (Lipinski definition) is 4. The molecule has 1 aliphatic heterocycles. The van der Waals surface area contributed by atoms with Gasteiger partial charge in [-0.05, 0) is 62.7 Å². The number of halogens is 5. The number of urea groups is 1. The van der Waals surface area contributed by atoms with Gasteiger partial charge in [0.05, 0.1) is 11.5 Å². The highest BCUT2D eigenvalue weighted by Gasteiger charge is 2.67. The van der Waals surface area contributed by atoms with E-state index in [1.54, 1.807) is 56.3 Å². The molecular formula is C26H25Cl2F3N2O4. The second-order valence-electron chi connectivity index (χ2n) is 9.33. The first-order chi connectivity index (χ1) is 17.2. The summed E-state index contributed by atoms with van der Waals surface area (Å²) in [7, 11) is 1.40. The summed E-state index contributed by atoms with van der Waals surface area (Å²) < 4.78 is 48.6. The Morgan fingerprint density at radius 2 is 1.78 bits per heavy atom. The molecule has 1 aliphatic carbocycles. The van der Waals surface area contributed by atoms with Gasteiger partial charge in [0.2, 0.25) is 0 Å². The van der Waals surface area contributed by atoms with Gasteiger partial charge >= 0.3 is 12.4 Å². The van der Waals surface area contributed by atoms with Crippen LogP contribution in [0.2, 0.25) is 5.02 Å². The van der Waals surface area contributed by atoms with Crippen molar-refractivity contribution in [3.05, 3.63) is 83.0 Å². The summed E-state index contributed by atoms with van der Waals surface area (Å²) in [6.07, 6.45) is 0.397. The summed E-state index contributed by atoms with van der Waals surface area (Å²) in [5.74, 6) is -0.544. The number of carbonyl (C=O) groups excluding carboxylic acids is 1. The van der Waals surface area contributed by atoms with Crippen LogP contribution < -0.4 is 9.64 Å². The Morgan fingerprint density at radius 1 is 1.11 bits per heavy atom. The molecule has 1 unspecified atom stereocenters. The fourth-order valence-corrected chi connectivity index (χ4v) is 5.06. The number of methoxy groups -OCH3 is 1. The number of hydrogen-bond donors (Lipinski definition) is 1. The summed E-state index contributed by atoms with van der Waals surface area (Å²) in [5, 5.41) is 13.0. The van der Waals surface area contributed by atoms with Crippen molar-refractivity contribution < 1.29 is 32.5 Å². The zero-order valence-electron chi connectivity index (χ0n) is 20.2.